The van der Waals surface area contributed by atoms with E-state index in [-0.39, 0.29) is 0 Å². The number of benzene rings is 1. The van der Waals surface area contributed by atoms with Gasteiger partial charge in [0.1, 0.15) is 11.3 Å². The van der Waals surface area contributed by atoms with Gasteiger partial charge in [0.05, 0.1) is 19.4 Å². The summed E-state index contributed by atoms with van der Waals surface area (Å²) in [6.07, 6.45) is 1.90. The minimum atomic E-state index is 0.818. The molecule has 3 nitrogen and oxygen atoms in total. The maximum Gasteiger partial charge on any atom is 0.134 e. The van der Waals surface area contributed by atoms with Crippen LogP contribution in [0.4, 0.5) is 0 Å². The lowest BCUT2D eigenvalue weighted by molar-refractivity contribution is 0.403. The molecular formula is C12H12N2O. The number of aliphatic imine (C=N–C) groups is 1. The van der Waals surface area contributed by atoms with E-state index in [0.717, 1.165) is 31.0 Å². The standard InChI is InChI=1S/C12H12N2O/c1-2-4-12-10(3-1)7-11(15-12)8-14-6-5-13-9-14/h1-4,7,9H,5-6,8H2. The van der Waals surface area contributed by atoms with Gasteiger partial charge in [0.15, 0.2) is 0 Å². The molecule has 0 amide bonds. The lowest BCUT2D eigenvalue weighted by Crippen LogP contribution is -2.18. The van der Waals surface area contributed by atoms with Crippen molar-refractivity contribution in [3.8, 4) is 0 Å². The third kappa shape index (κ3) is 1.61. The van der Waals surface area contributed by atoms with E-state index < -0.39 is 0 Å². The first kappa shape index (κ1) is 8.53. The molecule has 3 rings (SSSR count). The van der Waals surface area contributed by atoms with E-state index in [9.17, 15) is 0 Å². The number of hydrogen-bond donors (Lipinski definition) is 0. The molecule has 0 spiro atoms. The maximum atomic E-state index is 5.73. The second-order valence-electron chi connectivity index (χ2n) is 3.74. The van der Waals surface area contributed by atoms with Crippen molar-refractivity contribution < 1.29 is 4.42 Å². The summed E-state index contributed by atoms with van der Waals surface area (Å²) in [5.41, 5.74) is 0.962. The van der Waals surface area contributed by atoms with Crippen molar-refractivity contribution >= 4 is 17.3 Å². The Morgan fingerprint density at radius 1 is 1.33 bits per heavy atom. The summed E-state index contributed by atoms with van der Waals surface area (Å²) in [7, 11) is 0. The summed E-state index contributed by atoms with van der Waals surface area (Å²) < 4.78 is 5.73. The molecule has 0 saturated heterocycles. The Balaban J connectivity index is 1.88. The van der Waals surface area contributed by atoms with E-state index in [1.54, 1.807) is 0 Å². The zero-order valence-electron chi connectivity index (χ0n) is 8.39. The molecule has 2 aromatic rings. The van der Waals surface area contributed by atoms with Crippen molar-refractivity contribution in [2.75, 3.05) is 13.1 Å². The number of rotatable bonds is 2. The van der Waals surface area contributed by atoms with Crippen LogP contribution in [0, 0.1) is 0 Å². The summed E-state index contributed by atoms with van der Waals surface area (Å²) in [5.74, 6) is 1.00. The normalized spacial score (nSPS) is 15.3. The molecule has 0 bridgehead atoms. The van der Waals surface area contributed by atoms with Crippen LogP contribution < -0.4 is 0 Å². The molecule has 1 aliphatic heterocycles. The lowest BCUT2D eigenvalue weighted by atomic mass is 10.2. The molecule has 0 N–H and O–H groups in total. The van der Waals surface area contributed by atoms with E-state index in [0.29, 0.717) is 0 Å². The summed E-state index contributed by atoms with van der Waals surface area (Å²) in [4.78, 5) is 6.34. The van der Waals surface area contributed by atoms with Gasteiger partial charge in [-0.05, 0) is 12.1 Å². The molecule has 15 heavy (non-hydrogen) atoms. The number of hydrogen-bond acceptors (Lipinski definition) is 3. The molecule has 2 heterocycles. The third-order valence-electron chi connectivity index (χ3n) is 2.60. The quantitative estimate of drug-likeness (QED) is 0.744. The number of nitrogens with zero attached hydrogens (tertiary/aromatic N) is 2. The summed E-state index contributed by atoms with van der Waals surface area (Å²) in [5, 5.41) is 1.17. The highest BCUT2D eigenvalue weighted by atomic mass is 16.3. The zero-order chi connectivity index (χ0) is 10.1. The van der Waals surface area contributed by atoms with Gasteiger partial charge in [0.2, 0.25) is 0 Å². The van der Waals surface area contributed by atoms with Gasteiger partial charge in [-0.25, -0.2) is 0 Å². The van der Waals surface area contributed by atoms with Crippen molar-refractivity contribution in [2.24, 2.45) is 4.99 Å². The molecule has 0 aliphatic carbocycles. The highest BCUT2D eigenvalue weighted by Crippen LogP contribution is 2.19. The van der Waals surface area contributed by atoms with Crippen LogP contribution in [0.5, 0.6) is 0 Å². The summed E-state index contributed by atoms with van der Waals surface area (Å²) in [6, 6.07) is 10.2. The highest BCUT2D eigenvalue weighted by Gasteiger charge is 2.09. The molecule has 0 atom stereocenters. The van der Waals surface area contributed by atoms with Gasteiger partial charge in [-0.1, -0.05) is 18.2 Å². The first-order valence-electron chi connectivity index (χ1n) is 5.13. The fourth-order valence-electron chi connectivity index (χ4n) is 1.85. The predicted octanol–water partition coefficient (Wildman–Crippen LogP) is 2.28. The Labute approximate surface area is 88.0 Å². The van der Waals surface area contributed by atoms with Crippen molar-refractivity contribution in [1.29, 1.82) is 0 Å². The van der Waals surface area contributed by atoms with Crippen molar-refractivity contribution in [1.82, 2.24) is 4.90 Å². The second kappa shape index (κ2) is 3.42. The minimum absolute atomic E-state index is 0.818. The lowest BCUT2D eigenvalue weighted by Gasteiger charge is -2.10. The average Bonchev–Trinajstić information content (AvgIpc) is 2.86. The van der Waals surface area contributed by atoms with Gasteiger partial charge in [-0.2, -0.15) is 0 Å². The second-order valence-corrected chi connectivity index (χ2v) is 3.74. The Morgan fingerprint density at radius 2 is 2.27 bits per heavy atom. The first-order valence-corrected chi connectivity index (χ1v) is 5.13. The Kier molecular flexibility index (Phi) is 1.95. The molecule has 0 fully saturated rings. The van der Waals surface area contributed by atoms with E-state index >= 15 is 0 Å². The predicted molar refractivity (Wildman–Crippen MR) is 60.0 cm³/mol. The molecule has 0 radical (unpaired) electrons. The van der Waals surface area contributed by atoms with E-state index in [1.807, 2.05) is 24.5 Å². The minimum Gasteiger partial charge on any atom is -0.459 e. The molecule has 1 aromatic carbocycles. The van der Waals surface area contributed by atoms with Gasteiger partial charge in [0.25, 0.3) is 0 Å². The van der Waals surface area contributed by atoms with Crippen LogP contribution in [-0.2, 0) is 6.54 Å². The van der Waals surface area contributed by atoms with Gasteiger partial charge in [-0.3, -0.25) is 4.99 Å². The largest absolute Gasteiger partial charge is 0.459 e. The molecular weight excluding hydrogens is 188 g/mol. The van der Waals surface area contributed by atoms with Crippen LogP contribution in [0.25, 0.3) is 11.0 Å². The summed E-state index contributed by atoms with van der Waals surface area (Å²) in [6.45, 7) is 2.72. The SMILES string of the molecule is C1=NCCN1Cc1cc2ccccc2o1. The van der Waals surface area contributed by atoms with E-state index in [1.165, 1.54) is 5.39 Å². The third-order valence-corrected chi connectivity index (χ3v) is 2.60. The van der Waals surface area contributed by atoms with Crippen LogP contribution in [-0.4, -0.2) is 24.3 Å². The fraction of sp³-hybridized carbons (Fsp3) is 0.250. The van der Waals surface area contributed by atoms with E-state index in [2.05, 4.69) is 22.0 Å². The zero-order valence-corrected chi connectivity index (χ0v) is 8.39. The van der Waals surface area contributed by atoms with Gasteiger partial charge in [0, 0.05) is 11.9 Å². The Hall–Kier alpha value is -1.77. The van der Waals surface area contributed by atoms with Gasteiger partial charge in [-0.15, -0.1) is 0 Å². The molecule has 1 aromatic heterocycles. The molecule has 0 saturated carbocycles. The fourth-order valence-corrected chi connectivity index (χ4v) is 1.85. The molecule has 1 aliphatic rings. The van der Waals surface area contributed by atoms with Crippen LogP contribution in [0.3, 0.4) is 0 Å². The van der Waals surface area contributed by atoms with Crippen LogP contribution >= 0.6 is 0 Å². The van der Waals surface area contributed by atoms with Crippen molar-refractivity contribution in [2.45, 2.75) is 6.54 Å². The van der Waals surface area contributed by atoms with Gasteiger partial charge >= 0.3 is 0 Å². The number of fused-ring (bicyclic) bond motifs is 1. The first-order chi connectivity index (χ1) is 7.42. The highest BCUT2D eigenvalue weighted by molar-refractivity contribution is 5.77. The van der Waals surface area contributed by atoms with Crippen LogP contribution in [0.2, 0.25) is 0 Å². The number of para-hydroxylation sites is 1. The van der Waals surface area contributed by atoms with Crippen molar-refractivity contribution in [3.63, 3.8) is 0 Å². The Morgan fingerprint density at radius 3 is 3.07 bits per heavy atom. The van der Waals surface area contributed by atoms with E-state index in [4.69, 9.17) is 4.42 Å². The molecule has 3 heteroatoms. The van der Waals surface area contributed by atoms with Crippen molar-refractivity contribution in [3.05, 3.63) is 36.1 Å². The van der Waals surface area contributed by atoms with Gasteiger partial charge < -0.3 is 9.32 Å². The monoisotopic (exact) mass is 200 g/mol. The number of furan rings is 1. The Bertz CT molecular complexity index is 468. The molecule has 76 valence electrons. The maximum absolute atomic E-state index is 5.73. The smallest absolute Gasteiger partial charge is 0.134 e. The summed E-state index contributed by atoms with van der Waals surface area (Å²) >= 11 is 0. The molecule has 0 unspecified atom stereocenters. The van der Waals surface area contributed by atoms with Crippen LogP contribution in [0.15, 0.2) is 39.7 Å². The average molecular weight is 200 g/mol. The topological polar surface area (TPSA) is 28.7 Å². The van der Waals surface area contributed by atoms with Crippen LogP contribution in [0.1, 0.15) is 5.76 Å².